The fourth-order valence-corrected chi connectivity index (χ4v) is 5.38. The first-order chi connectivity index (χ1) is 14.7. The lowest BCUT2D eigenvalue weighted by Crippen LogP contribution is -2.26. The van der Waals surface area contributed by atoms with Crippen molar-refractivity contribution in [3.8, 4) is 0 Å². The molecule has 1 heterocycles. The summed E-state index contributed by atoms with van der Waals surface area (Å²) in [4.78, 5) is 32.2. The number of sulfone groups is 1. The van der Waals surface area contributed by atoms with Crippen LogP contribution in [0.15, 0.2) is 45.3 Å². The molecule has 2 aromatic rings. The van der Waals surface area contributed by atoms with Crippen LogP contribution in [0.4, 0.5) is 5.82 Å². The van der Waals surface area contributed by atoms with Crippen LogP contribution in [0.3, 0.4) is 0 Å². The molecule has 3 rings (SSSR count). The number of nitrogens with one attached hydrogen (secondary N) is 1. The largest absolute Gasteiger partial charge is 0.309 e. The molecule has 0 aliphatic heterocycles. The Morgan fingerprint density at radius 1 is 1.26 bits per heavy atom. The number of hydrogen-bond donors (Lipinski definition) is 1. The van der Waals surface area contributed by atoms with Crippen LogP contribution in [0.2, 0.25) is 5.02 Å². The number of halogens is 2. The molecule has 1 aliphatic carbocycles. The summed E-state index contributed by atoms with van der Waals surface area (Å²) in [6, 6.07) is 4.43. The highest BCUT2D eigenvalue weighted by Gasteiger charge is 2.29. The molecule has 1 N–H and O–H groups in total. The lowest BCUT2D eigenvalue weighted by molar-refractivity contribution is -0.118. The minimum atomic E-state index is -3.48. The molecule has 0 spiro atoms. The van der Waals surface area contributed by atoms with E-state index >= 15 is 0 Å². The molecule has 166 valence electrons. The van der Waals surface area contributed by atoms with Crippen molar-refractivity contribution < 1.29 is 13.2 Å². The second-order valence-electron chi connectivity index (χ2n) is 7.74. The lowest BCUT2D eigenvalue weighted by Gasteiger charge is -2.28. The lowest BCUT2D eigenvalue weighted by atomic mass is 9.79. The number of anilines is 1. The summed E-state index contributed by atoms with van der Waals surface area (Å²) in [5, 5.41) is 6.00. The van der Waals surface area contributed by atoms with Gasteiger partial charge in [0.2, 0.25) is 5.91 Å². The second-order valence-corrected chi connectivity index (χ2v) is 10.9. The van der Waals surface area contributed by atoms with E-state index in [0.29, 0.717) is 35.2 Å². The average Bonchev–Trinajstić information content (AvgIpc) is 2.73. The number of carbonyl (C=O) groups is 1. The first kappa shape index (κ1) is 23.7. The highest BCUT2D eigenvalue weighted by atomic mass is 79.9. The molecule has 1 aromatic carbocycles. The maximum atomic E-state index is 13.2. The number of aromatic nitrogens is 2. The summed E-state index contributed by atoms with van der Waals surface area (Å²) in [5.74, 6) is -0.304. The SMILES string of the molecule is CS(=O)(=O)c1ccc([C@@H](CC2CCC(N=O)CC2)C(=O)Nc2cnc(Br)cn2)cc1Cl. The van der Waals surface area contributed by atoms with Crippen LogP contribution in [-0.4, -0.2) is 36.6 Å². The molecule has 1 aliphatic rings. The van der Waals surface area contributed by atoms with E-state index < -0.39 is 15.8 Å². The van der Waals surface area contributed by atoms with Gasteiger partial charge in [-0.1, -0.05) is 22.8 Å². The summed E-state index contributed by atoms with van der Waals surface area (Å²) in [5.41, 5.74) is 0.621. The molecular formula is C20H22BrClN4O4S. The van der Waals surface area contributed by atoms with Crippen molar-refractivity contribution in [3.05, 3.63) is 50.7 Å². The van der Waals surface area contributed by atoms with Gasteiger partial charge in [-0.2, -0.15) is 4.91 Å². The minimum Gasteiger partial charge on any atom is -0.309 e. The number of benzene rings is 1. The minimum absolute atomic E-state index is 0.0217. The molecule has 0 bridgehead atoms. The first-order valence-electron chi connectivity index (χ1n) is 9.77. The van der Waals surface area contributed by atoms with Crippen molar-refractivity contribution in [1.29, 1.82) is 0 Å². The number of nitrogens with zero attached hydrogens (tertiary/aromatic N) is 3. The third-order valence-corrected chi connectivity index (χ3v) is 7.47. The van der Waals surface area contributed by atoms with Gasteiger partial charge >= 0.3 is 0 Å². The molecule has 11 heteroatoms. The van der Waals surface area contributed by atoms with Crippen molar-refractivity contribution in [1.82, 2.24) is 9.97 Å². The number of carbonyl (C=O) groups excluding carboxylic acids is 1. The third-order valence-electron chi connectivity index (χ3n) is 5.48. The zero-order valence-corrected chi connectivity index (χ0v) is 20.0. The van der Waals surface area contributed by atoms with E-state index in [-0.39, 0.29) is 27.8 Å². The van der Waals surface area contributed by atoms with Gasteiger partial charge in [-0.3, -0.25) is 4.79 Å². The molecule has 1 amide bonds. The number of hydrogen-bond acceptors (Lipinski definition) is 7. The highest BCUT2D eigenvalue weighted by molar-refractivity contribution is 9.10. The van der Waals surface area contributed by atoms with Crippen molar-refractivity contribution >= 4 is 49.1 Å². The standard InChI is InChI=1S/C20H22BrClN4O4S/c1-31(29,30)17-7-4-13(9-16(17)22)15(8-12-2-5-14(26-28)6-3-12)20(27)25-19-11-23-18(21)10-24-19/h4,7,9-12,14-15H,2-3,5-6,8H2,1H3,(H,24,25,27)/t12?,14?,15-/m1/s1. The molecule has 31 heavy (non-hydrogen) atoms. The number of nitroso groups, excluding NO2 is 1. The average molecular weight is 530 g/mol. The van der Waals surface area contributed by atoms with E-state index in [2.05, 4.69) is 36.4 Å². The van der Waals surface area contributed by atoms with Crippen molar-refractivity contribution in [2.45, 2.75) is 49.0 Å². The molecule has 1 aromatic heterocycles. The maximum absolute atomic E-state index is 13.2. The monoisotopic (exact) mass is 528 g/mol. The van der Waals surface area contributed by atoms with Crippen LogP contribution in [0, 0.1) is 10.8 Å². The Hall–Kier alpha value is -1.91. The van der Waals surface area contributed by atoms with E-state index in [1.165, 1.54) is 24.5 Å². The van der Waals surface area contributed by atoms with Crippen molar-refractivity contribution in [2.75, 3.05) is 11.6 Å². The van der Waals surface area contributed by atoms with E-state index in [1.807, 2.05) is 0 Å². The quantitative estimate of drug-likeness (QED) is 0.518. The Morgan fingerprint density at radius 2 is 1.97 bits per heavy atom. The van der Waals surface area contributed by atoms with Gasteiger partial charge in [-0.25, -0.2) is 18.4 Å². The Bertz CT molecular complexity index is 1060. The Kier molecular flexibility index (Phi) is 7.77. The molecule has 1 fully saturated rings. The van der Waals surface area contributed by atoms with Crippen molar-refractivity contribution in [3.63, 3.8) is 0 Å². The fourth-order valence-electron chi connectivity index (χ4n) is 3.84. The van der Waals surface area contributed by atoms with Crippen LogP contribution in [-0.2, 0) is 14.6 Å². The van der Waals surface area contributed by atoms with Gasteiger partial charge in [-0.05, 0) is 71.6 Å². The Morgan fingerprint density at radius 3 is 2.52 bits per heavy atom. The van der Waals surface area contributed by atoms with Gasteiger partial charge in [0.15, 0.2) is 15.7 Å². The number of rotatable bonds is 7. The first-order valence-corrected chi connectivity index (χ1v) is 12.8. The zero-order valence-electron chi connectivity index (χ0n) is 16.8. The van der Waals surface area contributed by atoms with Crippen LogP contribution in [0.5, 0.6) is 0 Å². The maximum Gasteiger partial charge on any atom is 0.233 e. The van der Waals surface area contributed by atoms with Crippen LogP contribution >= 0.6 is 27.5 Å². The molecule has 1 saturated carbocycles. The Labute approximate surface area is 194 Å². The third kappa shape index (κ3) is 6.30. The van der Waals surface area contributed by atoms with Crippen molar-refractivity contribution in [2.24, 2.45) is 11.1 Å². The van der Waals surface area contributed by atoms with Gasteiger partial charge in [0.25, 0.3) is 0 Å². The van der Waals surface area contributed by atoms with Crippen LogP contribution in [0.1, 0.15) is 43.6 Å². The van der Waals surface area contributed by atoms with Gasteiger partial charge in [0.05, 0.1) is 34.3 Å². The fraction of sp³-hybridized carbons (Fsp3) is 0.450. The summed E-state index contributed by atoms with van der Waals surface area (Å²) >= 11 is 9.44. The van der Waals surface area contributed by atoms with E-state index in [0.717, 1.165) is 19.1 Å². The summed E-state index contributed by atoms with van der Waals surface area (Å²) in [7, 11) is -3.48. The van der Waals surface area contributed by atoms with E-state index in [9.17, 15) is 18.1 Å². The molecule has 0 unspecified atom stereocenters. The summed E-state index contributed by atoms with van der Waals surface area (Å²) in [6.07, 6.45) is 7.55. The zero-order chi connectivity index (χ0) is 22.6. The topological polar surface area (TPSA) is 118 Å². The van der Waals surface area contributed by atoms with Crippen LogP contribution in [0.25, 0.3) is 0 Å². The molecule has 1 atom stereocenters. The summed E-state index contributed by atoms with van der Waals surface area (Å²) < 4.78 is 24.3. The van der Waals surface area contributed by atoms with Crippen LogP contribution < -0.4 is 5.32 Å². The normalized spacial score (nSPS) is 20.1. The smallest absolute Gasteiger partial charge is 0.233 e. The van der Waals surface area contributed by atoms with E-state index in [1.54, 1.807) is 6.07 Å². The molecular weight excluding hydrogens is 508 g/mol. The Balaban J connectivity index is 1.86. The molecule has 8 nitrogen and oxygen atoms in total. The predicted molar refractivity (Wildman–Crippen MR) is 122 cm³/mol. The van der Waals surface area contributed by atoms with Gasteiger partial charge < -0.3 is 5.32 Å². The van der Waals surface area contributed by atoms with Gasteiger partial charge in [0.1, 0.15) is 4.60 Å². The molecule has 0 saturated heterocycles. The highest BCUT2D eigenvalue weighted by Crippen LogP contribution is 2.36. The molecule has 0 radical (unpaired) electrons. The summed E-state index contributed by atoms with van der Waals surface area (Å²) in [6.45, 7) is 0. The van der Waals surface area contributed by atoms with E-state index in [4.69, 9.17) is 11.6 Å². The number of amides is 1. The van der Waals surface area contributed by atoms with Gasteiger partial charge in [-0.15, -0.1) is 0 Å². The second kappa shape index (κ2) is 10.1. The predicted octanol–water partition coefficient (Wildman–Crippen LogP) is 4.73. The van der Waals surface area contributed by atoms with Gasteiger partial charge in [0, 0.05) is 6.26 Å².